The first-order chi connectivity index (χ1) is 9.72. The number of piperidine rings is 1. The highest BCUT2D eigenvalue weighted by molar-refractivity contribution is 5.87. The van der Waals surface area contributed by atoms with Crippen molar-refractivity contribution in [2.75, 3.05) is 13.1 Å². The summed E-state index contributed by atoms with van der Waals surface area (Å²) in [4.78, 5) is 12.0. The van der Waals surface area contributed by atoms with Gasteiger partial charge in [0, 0.05) is 29.6 Å². The van der Waals surface area contributed by atoms with Gasteiger partial charge in [-0.05, 0) is 31.5 Å². The van der Waals surface area contributed by atoms with Crippen LogP contribution >= 0.6 is 12.4 Å². The van der Waals surface area contributed by atoms with E-state index < -0.39 is 0 Å². The second-order valence-electron chi connectivity index (χ2n) is 5.19. The van der Waals surface area contributed by atoms with Gasteiger partial charge in [0.15, 0.2) is 0 Å². The van der Waals surface area contributed by atoms with Crippen LogP contribution in [0, 0.1) is 5.82 Å². The van der Waals surface area contributed by atoms with Crippen molar-refractivity contribution in [2.24, 2.45) is 0 Å². The molecule has 0 radical (unpaired) electrons. The number of hydrogen-bond acceptors (Lipinski definition) is 3. The van der Waals surface area contributed by atoms with Gasteiger partial charge < -0.3 is 15.1 Å². The summed E-state index contributed by atoms with van der Waals surface area (Å²) in [7, 11) is 0. The third kappa shape index (κ3) is 3.74. The molecule has 1 aliphatic rings. The van der Waals surface area contributed by atoms with E-state index in [2.05, 4.69) is 10.6 Å². The summed E-state index contributed by atoms with van der Waals surface area (Å²) >= 11 is 0. The smallest absolute Gasteiger partial charge is 0.224 e. The minimum absolute atomic E-state index is 0. The lowest BCUT2D eigenvalue weighted by atomic mass is 10.1. The zero-order valence-corrected chi connectivity index (χ0v) is 12.3. The molecule has 1 fully saturated rings. The second-order valence-corrected chi connectivity index (χ2v) is 5.19. The van der Waals surface area contributed by atoms with E-state index in [9.17, 15) is 9.18 Å². The summed E-state index contributed by atoms with van der Waals surface area (Å²) in [5.41, 5.74) is 1.27. The monoisotopic (exact) mass is 312 g/mol. The molecule has 6 heteroatoms. The van der Waals surface area contributed by atoms with Gasteiger partial charge in [0.25, 0.3) is 0 Å². The zero-order chi connectivity index (χ0) is 13.9. The van der Waals surface area contributed by atoms with Crippen LogP contribution in [-0.2, 0) is 11.2 Å². The number of benzene rings is 1. The van der Waals surface area contributed by atoms with Crippen LogP contribution < -0.4 is 10.6 Å². The van der Waals surface area contributed by atoms with Gasteiger partial charge in [-0.2, -0.15) is 0 Å². The van der Waals surface area contributed by atoms with Crippen LogP contribution in [0.2, 0.25) is 0 Å². The summed E-state index contributed by atoms with van der Waals surface area (Å²) in [6.45, 7) is 1.84. The number of amides is 1. The van der Waals surface area contributed by atoms with Crippen LogP contribution in [0.5, 0.6) is 0 Å². The highest BCUT2D eigenvalue weighted by atomic mass is 35.5. The molecule has 2 aromatic rings. The van der Waals surface area contributed by atoms with E-state index in [1.165, 1.54) is 18.4 Å². The van der Waals surface area contributed by atoms with Crippen molar-refractivity contribution in [3.8, 4) is 0 Å². The lowest BCUT2D eigenvalue weighted by Gasteiger charge is -2.23. The summed E-state index contributed by atoms with van der Waals surface area (Å²) in [6.07, 6.45) is 3.88. The maximum Gasteiger partial charge on any atom is 0.224 e. The summed E-state index contributed by atoms with van der Waals surface area (Å²) in [5.74, 6) is -0.359. The first kappa shape index (κ1) is 15.8. The molecule has 2 N–H and O–H groups in total. The van der Waals surface area contributed by atoms with E-state index in [0.29, 0.717) is 5.58 Å². The standard InChI is InChI=1S/C15H17FN2O2.ClH/c16-11-3-4-13-10(9-20-14(13)7-11)6-15(19)18-12-2-1-5-17-8-12;/h3-4,7,9,12,17H,1-2,5-6,8H2,(H,18,19);1H/t12-;/m0./s1. The van der Waals surface area contributed by atoms with Crippen molar-refractivity contribution in [3.63, 3.8) is 0 Å². The Morgan fingerprint density at radius 2 is 2.33 bits per heavy atom. The fourth-order valence-electron chi connectivity index (χ4n) is 2.62. The molecular formula is C15H18ClFN2O2. The largest absolute Gasteiger partial charge is 0.464 e. The first-order valence-corrected chi connectivity index (χ1v) is 6.88. The minimum Gasteiger partial charge on any atom is -0.464 e. The van der Waals surface area contributed by atoms with Crippen molar-refractivity contribution < 1.29 is 13.6 Å². The molecule has 1 atom stereocenters. The molecule has 0 unspecified atom stereocenters. The Bertz CT molecular complexity index is 623. The average molecular weight is 313 g/mol. The van der Waals surface area contributed by atoms with Crippen LogP contribution in [-0.4, -0.2) is 25.0 Å². The lowest BCUT2D eigenvalue weighted by molar-refractivity contribution is -0.121. The van der Waals surface area contributed by atoms with Gasteiger partial charge in [-0.3, -0.25) is 4.79 Å². The van der Waals surface area contributed by atoms with E-state index in [-0.39, 0.29) is 36.6 Å². The number of hydrogen-bond donors (Lipinski definition) is 2. The number of nitrogens with one attached hydrogen (secondary N) is 2. The van der Waals surface area contributed by atoms with Crippen molar-refractivity contribution in [2.45, 2.75) is 25.3 Å². The van der Waals surface area contributed by atoms with E-state index in [0.717, 1.165) is 36.9 Å². The third-order valence-electron chi connectivity index (χ3n) is 3.63. The fourth-order valence-corrected chi connectivity index (χ4v) is 2.62. The van der Waals surface area contributed by atoms with Gasteiger partial charge in [-0.15, -0.1) is 12.4 Å². The van der Waals surface area contributed by atoms with E-state index >= 15 is 0 Å². The molecule has 0 bridgehead atoms. The topological polar surface area (TPSA) is 54.3 Å². The quantitative estimate of drug-likeness (QED) is 0.915. The minimum atomic E-state index is -0.337. The third-order valence-corrected chi connectivity index (χ3v) is 3.63. The molecule has 0 spiro atoms. The average Bonchev–Trinajstić information content (AvgIpc) is 2.82. The van der Waals surface area contributed by atoms with E-state index in [4.69, 9.17) is 4.42 Å². The highest BCUT2D eigenvalue weighted by Crippen LogP contribution is 2.22. The predicted molar refractivity (Wildman–Crippen MR) is 81.2 cm³/mol. The molecule has 1 aliphatic heterocycles. The Morgan fingerprint density at radius 3 is 3.10 bits per heavy atom. The number of fused-ring (bicyclic) bond motifs is 1. The van der Waals surface area contributed by atoms with Gasteiger partial charge in [0.05, 0.1) is 12.7 Å². The molecule has 0 aliphatic carbocycles. The molecule has 2 heterocycles. The molecular weight excluding hydrogens is 295 g/mol. The predicted octanol–water partition coefficient (Wildman–Crippen LogP) is 2.40. The molecule has 21 heavy (non-hydrogen) atoms. The van der Waals surface area contributed by atoms with Crippen molar-refractivity contribution in [1.29, 1.82) is 0 Å². The summed E-state index contributed by atoms with van der Waals surface area (Å²) in [6, 6.07) is 4.57. The SMILES string of the molecule is Cl.O=C(Cc1coc2cc(F)ccc12)N[C@H]1CCCNC1. The van der Waals surface area contributed by atoms with Crippen LogP contribution in [0.25, 0.3) is 11.0 Å². The molecule has 1 saturated heterocycles. The number of carbonyl (C=O) groups is 1. The molecule has 1 aromatic carbocycles. The molecule has 1 aromatic heterocycles. The van der Waals surface area contributed by atoms with Gasteiger partial charge in [0.1, 0.15) is 11.4 Å². The Balaban J connectivity index is 0.00000161. The molecule has 1 amide bonds. The molecule has 3 rings (SSSR count). The highest BCUT2D eigenvalue weighted by Gasteiger charge is 2.17. The normalized spacial score (nSPS) is 18.2. The number of rotatable bonds is 3. The summed E-state index contributed by atoms with van der Waals surface area (Å²) < 4.78 is 18.4. The number of carbonyl (C=O) groups excluding carboxylic acids is 1. The molecule has 0 saturated carbocycles. The number of furan rings is 1. The Morgan fingerprint density at radius 1 is 1.48 bits per heavy atom. The van der Waals surface area contributed by atoms with Crippen molar-refractivity contribution in [3.05, 3.63) is 35.8 Å². The van der Waals surface area contributed by atoms with Crippen LogP contribution in [0.15, 0.2) is 28.9 Å². The van der Waals surface area contributed by atoms with E-state index in [1.54, 1.807) is 6.07 Å². The van der Waals surface area contributed by atoms with Gasteiger partial charge >= 0.3 is 0 Å². The second kappa shape index (κ2) is 6.91. The van der Waals surface area contributed by atoms with Crippen LogP contribution in [0.3, 0.4) is 0 Å². The molecule has 4 nitrogen and oxygen atoms in total. The molecule has 114 valence electrons. The van der Waals surface area contributed by atoms with Gasteiger partial charge in [-0.25, -0.2) is 4.39 Å². The maximum atomic E-state index is 13.1. The number of halogens is 2. The summed E-state index contributed by atoms with van der Waals surface area (Å²) in [5, 5.41) is 7.07. The van der Waals surface area contributed by atoms with E-state index in [1.807, 2.05) is 0 Å². The zero-order valence-electron chi connectivity index (χ0n) is 11.5. The first-order valence-electron chi connectivity index (χ1n) is 6.88. The fraction of sp³-hybridized carbons (Fsp3) is 0.400. The van der Waals surface area contributed by atoms with Crippen LogP contribution in [0.4, 0.5) is 4.39 Å². The Hall–Kier alpha value is -1.59. The van der Waals surface area contributed by atoms with Crippen molar-refractivity contribution in [1.82, 2.24) is 10.6 Å². The van der Waals surface area contributed by atoms with Gasteiger partial charge in [-0.1, -0.05) is 0 Å². The van der Waals surface area contributed by atoms with Gasteiger partial charge in [0.2, 0.25) is 5.91 Å². The Labute approximate surface area is 128 Å². The lowest BCUT2D eigenvalue weighted by Crippen LogP contribution is -2.46. The van der Waals surface area contributed by atoms with Crippen molar-refractivity contribution >= 4 is 29.3 Å². The maximum absolute atomic E-state index is 13.1. The Kier molecular flexibility index (Phi) is 5.20. The van der Waals surface area contributed by atoms with Crippen LogP contribution in [0.1, 0.15) is 18.4 Å².